The van der Waals surface area contributed by atoms with Crippen LogP contribution in [0.4, 0.5) is 0 Å². The zero-order chi connectivity index (χ0) is 12.4. The van der Waals surface area contributed by atoms with E-state index in [2.05, 4.69) is 6.92 Å². The molecule has 2 heterocycles. The lowest BCUT2D eigenvalue weighted by Crippen LogP contribution is -2.48. The maximum Gasteiger partial charge on any atom is 0.264 e. The minimum absolute atomic E-state index is 0.0951. The zero-order valence-electron chi connectivity index (χ0n) is 10.2. The SMILES string of the molecule is COc1csc(C(=O)N2CC[C@H](N)C[C@@H]2C)c1. The Morgan fingerprint density at radius 1 is 1.65 bits per heavy atom. The third kappa shape index (κ3) is 2.61. The van der Waals surface area contributed by atoms with Gasteiger partial charge in [0.1, 0.15) is 5.75 Å². The first kappa shape index (κ1) is 12.4. The Kier molecular flexibility index (Phi) is 3.69. The van der Waals surface area contributed by atoms with E-state index in [9.17, 15) is 4.79 Å². The van der Waals surface area contributed by atoms with Crippen LogP contribution in [-0.2, 0) is 0 Å². The van der Waals surface area contributed by atoms with Gasteiger partial charge < -0.3 is 15.4 Å². The minimum Gasteiger partial charge on any atom is -0.496 e. The first-order chi connectivity index (χ1) is 8.11. The first-order valence-electron chi connectivity index (χ1n) is 5.81. The summed E-state index contributed by atoms with van der Waals surface area (Å²) in [7, 11) is 1.61. The number of carbonyl (C=O) groups excluding carboxylic acids is 1. The number of nitrogens with zero attached hydrogens (tertiary/aromatic N) is 1. The van der Waals surface area contributed by atoms with Crippen LogP contribution in [0.25, 0.3) is 0 Å². The molecular formula is C12H18N2O2S. The van der Waals surface area contributed by atoms with Gasteiger partial charge >= 0.3 is 0 Å². The van der Waals surface area contributed by atoms with Crippen LogP contribution in [-0.4, -0.2) is 36.5 Å². The lowest BCUT2D eigenvalue weighted by atomic mass is 9.99. The molecule has 0 bridgehead atoms. The summed E-state index contributed by atoms with van der Waals surface area (Å²) in [6, 6.07) is 2.25. The number of rotatable bonds is 2. The van der Waals surface area contributed by atoms with Crippen molar-refractivity contribution in [2.24, 2.45) is 5.73 Å². The molecule has 1 amide bonds. The molecule has 1 aromatic heterocycles. The Morgan fingerprint density at radius 2 is 2.41 bits per heavy atom. The van der Waals surface area contributed by atoms with Gasteiger partial charge in [-0.25, -0.2) is 0 Å². The summed E-state index contributed by atoms with van der Waals surface area (Å²) in [5, 5.41) is 1.85. The lowest BCUT2D eigenvalue weighted by molar-refractivity contribution is 0.0624. The van der Waals surface area contributed by atoms with Crippen molar-refractivity contribution in [3.63, 3.8) is 0 Å². The Morgan fingerprint density at radius 3 is 3.00 bits per heavy atom. The van der Waals surface area contributed by atoms with Crippen molar-refractivity contribution in [1.29, 1.82) is 0 Å². The number of thiophene rings is 1. The van der Waals surface area contributed by atoms with Crippen LogP contribution in [0.15, 0.2) is 11.4 Å². The predicted molar refractivity (Wildman–Crippen MR) is 68.6 cm³/mol. The van der Waals surface area contributed by atoms with E-state index < -0.39 is 0 Å². The normalized spacial score (nSPS) is 24.8. The van der Waals surface area contributed by atoms with Crippen LogP contribution < -0.4 is 10.5 Å². The van der Waals surface area contributed by atoms with E-state index in [-0.39, 0.29) is 18.0 Å². The molecule has 0 aliphatic carbocycles. The molecular weight excluding hydrogens is 236 g/mol. The van der Waals surface area contributed by atoms with Gasteiger partial charge in [-0.2, -0.15) is 0 Å². The van der Waals surface area contributed by atoms with E-state index in [0.29, 0.717) is 0 Å². The van der Waals surface area contributed by atoms with Gasteiger partial charge in [0.15, 0.2) is 0 Å². The highest BCUT2D eigenvalue weighted by molar-refractivity contribution is 7.12. The third-order valence-electron chi connectivity index (χ3n) is 3.20. The van der Waals surface area contributed by atoms with E-state index in [0.717, 1.165) is 30.0 Å². The molecule has 94 valence electrons. The molecule has 1 aromatic rings. The fourth-order valence-corrected chi connectivity index (χ4v) is 3.00. The van der Waals surface area contributed by atoms with Crippen LogP contribution in [0.1, 0.15) is 29.4 Å². The molecule has 1 fully saturated rings. The number of hydrogen-bond donors (Lipinski definition) is 1. The van der Waals surface area contributed by atoms with Crippen LogP contribution in [0.5, 0.6) is 5.75 Å². The van der Waals surface area contributed by atoms with Crippen LogP contribution >= 0.6 is 11.3 Å². The summed E-state index contributed by atoms with van der Waals surface area (Å²) in [6.45, 7) is 2.81. The average Bonchev–Trinajstić information content (AvgIpc) is 2.76. The number of carbonyl (C=O) groups is 1. The monoisotopic (exact) mass is 254 g/mol. The fraction of sp³-hybridized carbons (Fsp3) is 0.583. The highest BCUT2D eigenvalue weighted by Crippen LogP contribution is 2.25. The summed E-state index contributed by atoms with van der Waals surface area (Å²) in [4.78, 5) is 14.9. The van der Waals surface area contributed by atoms with Gasteiger partial charge in [0.25, 0.3) is 5.91 Å². The number of likely N-dealkylation sites (tertiary alicyclic amines) is 1. The van der Waals surface area contributed by atoms with Crippen molar-refractivity contribution in [2.75, 3.05) is 13.7 Å². The number of amides is 1. The highest BCUT2D eigenvalue weighted by Gasteiger charge is 2.28. The van der Waals surface area contributed by atoms with Crippen LogP contribution in [0.3, 0.4) is 0 Å². The van der Waals surface area contributed by atoms with Gasteiger partial charge in [0, 0.05) is 30.1 Å². The standard InChI is InChI=1S/C12H18N2O2S/c1-8-5-9(13)3-4-14(8)12(15)11-6-10(16-2)7-17-11/h6-9H,3-5,13H2,1-2H3/t8-,9-/m0/s1. The molecule has 1 aliphatic rings. The highest BCUT2D eigenvalue weighted by atomic mass is 32.1. The average molecular weight is 254 g/mol. The van der Waals surface area contributed by atoms with Gasteiger partial charge in [-0.05, 0) is 19.8 Å². The Balaban J connectivity index is 2.09. The van der Waals surface area contributed by atoms with Crippen LogP contribution in [0, 0.1) is 0 Å². The molecule has 1 saturated heterocycles. The van der Waals surface area contributed by atoms with Gasteiger partial charge in [0.05, 0.1) is 12.0 Å². The minimum atomic E-state index is 0.0951. The second kappa shape index (κ2) is 5.06. The number of methoxy groups -OCH3 is 1. The summed E-state index contributed by atoms with van der Waals surface area (Å²) >= 11 is 1.43. The molecule has 0 unspecified atom stereocenters. The van der Waals surface area contributed by atoms with Gasteiger partial charge in [0.2, 0.25) is 0 Å². The Labute approximate surface area is 105 Å². The molecule has 17 heavy (non-hydrogen) atoms. The van der Waals surface area contributed by atoms with Gasteiger partial charge in [-0.3, -0.25) is 4.79 Å². The number of piperidine rings is 1. The summed E-state index contributed by atoms with van der Waals surface area (Å²) in [5.74, 6) is 0.845. The predicted octanol–water partition coefficient (Wildman–Crippen LogP) is 1.71. The first-order valence-corrected chi connectivity index (χ1v) is 6.69. The van der Waals surface area contributed by atoms with E-state index in [1.54, 1.807) is 13.2 Å². The smallest absolute Gasteiger partial charge is 0.264 e. The summed E-state index contributed by atoms with van der Waals surface area (Å²) < 4.78 is 5.10. The third-order valence-corrected chi connectivity index (χ3v) is 4.10. The number of ether oxygens (including phenoxy) is 1. The fourth-order valence-electron chi connectivity index (χ4n) is 2.19. The molecule has 2 N–H and O–H groups in total. The number of hydrogen-bond acceptors (Lipinski definition) is 4. The zero-order valence-corrected chi connectivity index (χ0v) is 11.0. The maximum absolute atomic E-state index is 12.3. The molecule has 0 saturated carbocycles. The molecule has 5 heteroatoms. The molecule has 4 nitrogen and oxygen atoms in total. The largest absolute Gasteiger partial charge is 0.496 e. The lowest BCUT2D eigenvalue weighted by Gasteiger charge is -2.36. The van der Waals surface area contributed by atoms with Gasteiger partial charge in [-0.1, -0.05) is 0 Å². The molecule has 0 spiro atoms. The van der Waals surface area contributed by atoms with E-state index in [1.807, 2.05) is 10.3 Å². The quantitative estimate of drug-likeness (QED) is 0.874. The second-order valence-electron chi connectivity index (χ2n) is 4.48. The maximum atomic E-state index is 12.3. The van der Waals surface area contributed by atoms with Crippen molar-refractivity contribution in [3.05, 3.63) is 16.3 Å². The molecule has 2 atom stereocenters. The van der Waals surface area contributed by atoms with Crippen molar-refractivity contribution in [2.45, 2.75) is 31.8 Å². The van der Waals surface area contributed by atoms with E-state index >= 15 is 0 Å². The summed E-state index contributed by atoms with van der Waals surface area (Å²) in [6.07, 6.45) is 1.77. The van der Waals surface area contributed by atoms with E-state index in [4.69, 9.17) is 10.5 Å². The van der Waals surface area contributed by atoms with Gasteiger partial charge in [-0.15, -0.1) is 11.3 Å². The van der Waals surface area contributed by atoms with Crippen LogP contribution in [0.2, 0.25) is 0 Å². The summed E-state index contributed by atoms with van der Waals surface area (Å²) in [5.41, 5.74) is 5.90. The van der Waals surface area contributed by atoms with Crippen molar-refractivity contribution in [1.82, 2.24) is 4.90 Å². The van der Waals surface area contributed by atoms with Crippen molar-refractivity contribution < 1.29 is 9.53 Å². The molecule has 2 rings (SSSR count). The Hall–Kier alpha value is -1.07. The molecule has 1 aliphatic heterocycles. The van der Waals surface area contributed by atoms with Crippen molar-refractivity contribution >= 4 is 17.2 Å². The molecule has 0 radical (unpaired) electrons. The molecule has 0 aromatic carbocycles. The Bertz CT molecular complexity index is 405. The topological polar surface area (TPSA) is 55.6 Å². The number of nitrogens with two attached hydrogens (primary N) is 1. The second-order valence-corrected chi connectivity index (χ2v) is 5.39. The van der Waals surface area contributed by atoms with Crippen molar-refractivity contribution in [3.8, 4) is 5.75 Å². The van der Waals surface area contributed by atoms with E-state index in [1.165, 1.54) is 11.3 Å².